The maximum atomic E-state index is 10.7. The van der Waals surface area contributed by atoms with Crippen molar-refractivity contribution >= 4 is 0 Å². The minimum absolute atomic E-state index is 0.0731. The van der Waals surface area contributed by atoms with Crippen molar-refractivity contribution in [3.05, 3.63) is 11.6 Å². The van der Waals surface area contributed by atoms with Crippen molar-refractivity contribution in [3.8, 4) is 0 Å². The fraction of sp³-hybridized carbons (Fsp3) is 0.929. The molecule has 172 valence electrons. The van der Waals surface area contributed by atoms with Gasteiger partial charge < -0.3 is 10.2 Å². The Balaban J connectivity index is 1.41. The molecule has 30 heavy (non-hydrogen) atoms. The first-order chi connectivity index (χ1) is 14.2. The van der Waals surface area contributed by atoms with E-state index < -0.39 is 5.60 Å². The normalized spacial score (nSPS) is 46.5. The van der Waals surface area contributed by atoms with Crippen molar-refractivity contribution in [1.29, 1.82) is 0 Å². The SMILES string of the molecule is CCCCC(O)CCCC1CCC2C3CC=C4C[C@@](C)(O)CCC4(C)C3CCC12C. The first kappa shape index (κ1) is 22.8. The minimum atomic E-state index is -0.485. The van der Waals surface area contributed by atoms with Crippen LogP contribution in [0.25, 0.3) is 0 Å². The molecular weight excluding hydrogens is 368 g/mol. The van der Waals surface area contributed by atoms with Crippen LogP contribution in [-0.4, -0.2) is 21.9 Å². The molecule has 2 nitrogen and oxygen atoms in total. The van der Waals surface area contributed by atoms with Crippen LogP contribution in [0.4, 0.5) is 0 Å². The molecule has 4 rings (SSSR count). The lowest BCUT2D eigenvalue weighted by atomic mass is 9.46. The molecule has 2 heteroatoms. The summed E-state index contributed by atoms with van der Waals surface area (Å²) in [6, 6.07) is 0. The van der Waals surface area contributed by atoms with Gasteiger partial charge in [-0.15, -0.1) is 0 Å². The average Bonchev–Trinajstić information content (AvgIpc) is 3.03. The maximum absolute atomic E-state index is 10.7. The van der Waals surface area contributed by atoms with Gasteiger partial charge in [0.05, 0.1) is 11.7 Å². The number of aliphatic hydroxyl groups is 2. The number of unbranched alkanes of at least 4 members (excludes halogenated alkanes) is 1. The summed E-state index contributed by atoms with van der Waals surface area (Å²) < 4.78 is 0. The van der Waals surface area contributed by atoms with E-state index in [4.69, 9.17) is 0 Å². The molecule has 0 aromatic heterocycles. The number of hydrogen-bond acceptors (Lipinski definition) is 2. The molecule has 0 saturated heterocycles. The lowest BCUT2D eigenvalue weighted by molar-refractivity contribution is -0.0662. The van der Waals surface area contributed by atoms with Gasteiger partial charge in [-0.05, 0) is 112 Å². The highest BCUT2D eigenvalue weighted by Gasteiger charge is 2.58. The van der Waals surface area contributed by atoms with Crippen molar-refractivity contribution in [2.24, 2.45) is 34.5 Å². The van der Waals surface area contributed by atoms with Crippen molar-refractivity contribution < 1.29 is 10.2 Å². The average molecular weight is 417 g/mol. The Morgan fingerprint density at radius 1 is 1.00 bits per heavy atom. The van der Waals surface area contributed by atoms with Crippen molar-refractivity contribution in [2.45, 2.75) is 129 Å². The molecule has 0 bridgehead atoms. The molecule has 0 amide bonds. The highest BCUT2D eigenvalue weighted by molar-refractivity contribution is 5.26. The van der Waals surface area contributed by atoms with E-state index in [-0.39, 0.29) is 6.10 Å². The summed E-state index contributed by atoms with van der Waals surface area (Å²) in [5.74, 6) is 3.46. The van der Waals surface area contributed by atoms with Gasteiger partial charge in [0.2, 0.25) is 0 Å². The Hall–Kier alpha value is -0.340. The monoisotopic (exact) mass is 416 g/mol. The standard InChI is InChI=1S/C28H48O2/c1-5-6-9-22(29)10-7-8-20-12-14-24-23-13-11-21-19-26(2,30)17-18-28(21,4)25(23)15-16-27(20,24)3/h11,20,22-25,29-30H,5-10,12-19H2,1-4H3/t20?,22?,23?,24?,25?,26-,27?,28?/m0/s1. The molecule has 0 spiro atoms. The predicted molar refractivity (Wildman–Crippen MR) is 125 cm³/mol. The molecule has 0 aromatic carbocycles. The maximum Gasteiger partial charge on any atom is 0.0657 e. The molecular formula is C28H48O2. The summed E-state index contributed by atoms with van der Waals surface area (Å²) in [5.41, 5.74) is 1.96. The lowest BCUT2D eigenvalue weighted by Crippen LogP contribution is -2.51. The Morgan fingerprint density at radius 3 is 2.53 bits per heavy atom. The minimum Gasteiger partial charge on any atom is -0.393 e. The molecule has 3 fully saturated rings. The van der Waals surface area contributed by atoms with E-state index in [0.29, 0.717) is 10.8 Å². The molecule has 0 radical (unpaired) electrons. The molecule has 0 aromatic rings. The zero-order valence-electron chi connectivity index (χ0n) is 20.3. The van der Waals surface area contributed by atoms with Gasteiger partial charge in [-0.25, -0.2) is 0 Å². The van der Waals surface area contributed by atoms with Gasteiger partial charge in [-0.2, -0.15) is 0 Å². The summed E-state index contributed by atoms with van der Waals surface area (Å²) in [4.78, 5) is 0. The van der Waals surface area contributed by atoms with E-state index in [2.05, 4.69) is 26.8 Å². The van der Waals surface area contributed by atoms with Gasteiger partial charge in [0.25, 0.3) is 0 Å². The smallest absolute Gasteiger partial charge is 0.0657 e. The summed E-state index contributed by atoms with van der Waals surface area (Å²) in [6.07, 6.45) is 19.3. The molecule has 0 heterocycles. The van der Waals surface area contributed by atoms with E-state index in [1.807, 2.05) is 6.92 Å². The van der Waals surface area contributed by atoms with Crippen LogP contribution in [0, 0.1) is 34.5 Å². The van der Waals surface area contributed by atoms with Gasteiger partial charge >= 0.3 is 0 Å². The topological polar surface area (TPSA) is 40.5 Å². The molecule has 0 aliphatic heterocycles. The van der Waals surface area contributed by atoms with Gasteiger partial charge in [-0.3, -0.25) is 0 Å². The lowest BCUT2D eigenvalue weighted by Gasteiger charge is -2.59. The number of aliphatic hydroxyl groups excluding tert-OH is 1. The molecule has 3 saturated carbocycles. The first-order valence-corrected chi connectivity index (χ1v) is 13.3. The van der Waals surface area contributed by atoms with Crippen LogP contribution in [0.2, 0.25) is 0 Å². The third kappa shape index (κ3) is 4.05. The molecule has 8 atom stereocenters. The quantitative estimate of drug-likeness (QED) is 0.437. The Bertz CT molecular complexity index is 637. The zero-order chi connectivity index (χ0) is 21.6. The van der Waals surface area contributed by atoms with Gasteiger partial charge in [0.1, 0.15) is 0 Å². The Morgan fingerprint density at radius 2 is 1.77 bits per heavy atom. The third-order valence-corrected chi connectivity index (χ3v) is 10.6. The number of fused-ring (bicyclic) bond motifs is 5. The van der Waals surface area contributed by atoms with Crippen LogP contribution in [0.1, 0.15) is 118 Å². The molecule has 2 N–H and O–H groups in total. The van der Waals surface area contributed by atoms with Crippen molar-refractivity contribution in [2.75, 3.05) is 0 Å². The van der Waals surface area contributed by atoms with Crippen LogP contribution < -0.4 is 0 Å². The van der Waals surface area contributed by atoms with Crippen LogP contribution in [0.15, 0.2) is 11.6 Å². The van der Waals surface area contributed by atoms with Crippen LogP contribution in [0.3, 0.4) is 0 Å². The fourth-order valence-electron chi connectivity index (χ4n) is 8.57. The molecule has 4 aliphatic rings. The van der Waals surface area contributed by atoms with Crippen LogP contribution >= 0.6 is 0 Å². The number of hydrogen-bond donors (Lipinski definition) is 2. The summed E-state index contributed by atoms with van der Waals surface area (Å²) in [6.45, 7) is 9.42. The summed E-state index contributed by atoms with van der Waals surface area (Å²) in [7, 11) is 0. The fourth-order valence-corrected chi connectivity index (χ4v) is 8.57. The first-order valence-electron chi connectivity index (χ1n) is 13.3. The van der Waals surface area contributed by atoms with E-state index in [1.165, 1.54) is 57.8 Å². The highest BCUT2D eigenvalue weighted by Crippen LogP contribution is 2.67. The van der Waals surface area contributed by atoms with Crippen molar-refractivity contribution in [3.63, 3.8) is 0 Å². The van der Waals surface area contributed by atoms with Gasteiger partial charge in [0, 0.05) is 0 Å². The Kier molecular flexibility index (Phi) is 6.50. The number of allylic oxidation sites excluding steroid dienone is 1. The second-order valence-electron chi connectivity index (χ2n) is 12.5. The Labute approximate surface area is 185 Å². The predicted octanol–water partition coefficient (Wildman–Crippen LogP) is 7.04. The molecule has 4 aliphatic carbocycles. The van der Waals surface area contributed by atoms with E-state index in [9.17, 15) is 10.2 Å². The zero-order valence-corrected chi connectivity index (χ0v) is 20.3. The van der Waals surface area contributed by atoms with E-state index in [1.54, 1.807) is 5.57 Å². The summed E-state index contributed by atoms with van der Waals surface area (Å²) >= 11 is 0. The highest BCUT2D eigenvalue weighted by atomic mass is 16.3. The number of rotatable bonds is 7. The largest absolute Gasteiger partial charge is 0.393 e. The van der Waals surface area contributed by atoms with E-state index >= 15 is 0 Å². The second kappa shape index (κ2) is 8.54. The van der Waals surface area contributed by atoms with Crippen LogP contribution in [0.5, 0.6) is 0 Å². The molecule has 7 unspecified atom stereocenters. The van der Waals surface area contributed by atoms with E-state index in [0.717, 1.165) is 55.8 Å². The van der Waals surface area contributed by atoms with Crippen LogP contribution in [-0.2, 0) is 0 Å². The van der Waals surface area contributed by atoms with Gasteiger partial charge in [0.15, 0.2) is 0 Å². The van der Waals surface area contributed by atoms with Crippen molar-refractivity contribution in [1.82, 2.24) is 0 Å². The summed E-state index contributed by atoms with van der Waals surface area (Å²) in [5, 5.41) is 20.9. The van der Waals surface area contributed by atoms with Gasteiger partial charge in [-0.1, -0.05) is 51.7 Å². The third-order valence-electron chi connectivity index (χ3n) is 10.6. The second-order valence-corrected chi connectivity index (χ2v) is 12.5.